The van der Waals surface area contributed by atoms with Crippen LogP contribution in [0.25, 0.3) is 0 Å². The second-order valence-electron chi connectivity index (χ2n) is 4.58. The highest BCUT2D eigenvalue weighted by molar-refractivity contribution is 9.10. The summed E-state index contributed by atoms with van der Waals surface area (Å²) in [7, 11) is 0. The molecule has 0 aliphatic rings. The highest BCUT2D eigenvalue weighted by Crippen LogP contribution is 2.22. The van der Waals surface area contributed by atoms with E-state index in [0.29, 0.717) is 5.56 Å². The third-order valence-corrected chi connectivity index (χ3v) is 3.39. The zero-order valence-electron chi connectivity index (χ0n) is 11.7. The molecule has 1 amide bonds. The normalized spacial score (nSPS) is 10.7. The molecule has 0 aromatic heterocycles. The monoisotopic (exact) mass is 376 g/mol. The van der Waals surface area contributed by atoms with Gasteiger partial charge < -0.3 is 5.11 Å². The molecule has 0 fully saturated rings. The van der Waals surface area contributed by atoms with Crippen LogP contribution in [0.4, 0.5) is 5.69 Å². The topological polar surface area (TPSA) is 108 Å². The third-order valence-electron chi connectivity index (χ3n) is 2.86. The van der Waals surface area contributed by atoms with E-state index >= 15 is 0 Å². The molecule has 0 aliphatic carbocycles. The first-order valence-electron chi connectivity index (χ1n) is 6.47. The van der Waals surface area contributed by atoms with Gasteiger partial charge in [0.25, 0.3) is 5.69 Å². The van der Waals surface area contributed by atoms with Gasteiger partial charge in [0, 0.05) is 16.1 Å². The SMILES string of the molecule is O=C(Cc1ccc(Br)cc1)N/N=C\c1ccc([O-])c([N+](=O)[O-])c1. The van der Waals surface area contributed by atoms with Gasteiger partial charge in [-0.3, -0.25) is 14.9 Å². The summed E-state index contributed by atoms with van der Waals surface area (Å²) in [6, 6.07) is 10.9. The van der Waals surface area contributed by atoms with Crippen molar-refractivity contribution in [3.8, 4) is 5.75 Å². The number of amides is 1. The molecule has 0 saturated carbocycles. The zero-order chi connectivity index (χ0) is 16.8. The Balaban J connectivity index is 1.96. The summed E-state index contributed by atoms with van der Waals surface area (Å²) in [5.41, 5.74) is 2.97. The Morgan fingerprint density at radius 3 is 2.61 bits per heavy atom. The summed E-state index contributed by atoms with van der Waals surface area (Å²) in [5.74, 6) is -0.995. The third kappa shape index (κ3) is 4.89. The minimum Gasteiger partial charge on any atom is -0.868 e. The number of carbonyl (C=O) groups excluding carboxylic acids is 1. The number of halogens is 1. The Kier molecular flexibility index (Phi) is 5.42. The fourth-order valence-electron chi connectivity index (χ4n) is 1.76. The summed E-state index contributed by atoms with van der Waals surface area (Å²) >= 11 is 3.31. The van der Waals surface area contributed by atoms with Crippen molar-refractivity contribution in [1.29, 1.82) is 0 Å². The van der Waals surface area contributed by atoms with Gasteiger partial charge in [-0.2, -0.15) is 5.10 Å². The van der Waals surface area contributed by atoms with Crippen LogP contribution < -0.4 is 10.5 Å². The molecule has 0 spiro atoms. The van der Waals surface area contributed by atoms with Crippen molar-refractivity contribution in [3.63, 3.8) is 0 Å². The first-order chi connectivity index (χ1) is 11.0. The number of nitrogens with one attached hydrogen (secondary N) is 1. The van der Waals surface area contributed by atoms with Crippen LogP contribution in [-0.2, 0) is 11.2 Å². The van der Waals surface area contributed by atoms with E-state index in [1.807, 2.05) is 24.3 Å². The Labute approximate surface area is 139 Å². The molecule has 0 radical (unpaired) electrons. The Morgan fingerprint density at radius 1 is 1.26 bits per heavy atom. The molecule has 2 rings (SSSR count). The Bertz CT molecular complexity index is 760. The van der Waals surface area contributed by atoms with E-state index in [1.54, 1.807) is 0 Å². The summed E-state index contributed by atoms with van der Waals surface area (Å²) in [6.45, 7) is 0. The molecule has 0 atom stereocenters. The van der Waals surface area contributed by atoms with Crippen LogP contribution in [0, 0.1) is 10.1 Å². The van der Waals surface area contributed by atoms with Gasteiger partial charge in [0.05, 0.1) is 17.6 Å². The maximum absolute atomic E-state index is 11.7. The van der Waals surface area contributed by atoms with E-state index in [4.69, 9.17) is 0 Å². The van der Waals surface area contributed by atoms with E-state index in [0.717, 1.165) is 22.2 Å². The molecule has 118 valence electrons. The summed E-state index contributed by atoms with van der Waals surface area (Å²) in [5, 5.41) is 25.7. The molecule has 7 nitrogen and oxygen atoms in total. The van der Waals surface area contributed by atoms with E-state index in [9.17, 15) is 20.0 Å². The molecule has 0 saturated heterocycles. The molecule has 2 aromatic carbocycles. The van der Waals surface area contributed by atoms with Crippen LogP contribution in [0.5, 0.6) is 5.75 Å². The fraction of sp³-hybridized carbons (Fsp3) is 0.0667. The molecule has 0 heterocycles. The van der Waals surface area contributed by atoms with Crippen molar-refractivity contribution in [3.05, 3.63) is 68.2 Å². The smallest absolute Gasteiger partial charge is 0.262 e. The summed E-state index contributed by atoms with van der Waals surface area (Å²) in [4.78, 5) is 21.6. The number of benzene rings is 2. The van der Waals surface area contributed by atoms with Gasteiger partial charge in [-0.25, -0.2) is 5.43 Å². The number of nitrogens with zero attached hydrogens (tertiary/aromatic N) is 2. The maximum Gasteiger partial charge on any atom is 0.262 e. The van der Waals surface area contributed by atoms with Gasteiger partial charge >= 0.3 is 0 Å². The highest BCUT2D eigenvalue weighted by atomic mass is 79.9. The van der Waals surface area contributed by atoms with Crippen molar-refractivity contribution < 1.29 is 14.8 Å². The molecular weight excluding hydrogens is 366 g/mol. The van der Waals surface area contributed by atoms with Crippen molar-refractivity contribution >= 4 is 33.7 Å². The highest BCUT2D eigenvalue weighted by Gasteiger charge is 2.07. The Hall–Kier alpha value is -2.74. The van der Waals surface area contributed by atoms with Gasteiger partial charge in [-0.05, 0) is 23.4 Å². The molecule has 0 bridgehead atoms. The van der Waals surface area contributed by atoms with Crippen LogP contribution in [0.3, 0.4) is 0 Å². The van der Waals surface area contributed by atoms with Gasteiger partial charge in [-0.15, -0.1) is 0 Å². The lowest BCUT2D eigenvalue weighted by Gasteiger charge is -2.06. The average Bonchev–Trinajstić information content (AvgIpc) is 2.51. The lowest BCUT2D eigenvalue weighted by Crippen LogP contribution is -2.19. The predicted molar refractivity (Wildman–Crippen MR) is 86.1 cm³/mol. The van der Waals surface area contributed by atoms with Crippen molar-refractivity contribution in [2.75, 3.05) is 0 Å². The average molecular weight is 377 g/mol. The largest absolute Gasteiger partial charge is 0.868 e. The van der Waals surface area contributed by atoms with E-state index < -0.39 is 16.4 Å². The molecule has 1 N–H and O–H groups in total. The molecule has 0 unspecified atom stereocenters. The molecule has 2 aromatic rings. The first kappa shape index (κ1) is 16.6. The second-order valence-corrected chi connectivity index (χ2v) is 5.50. The first-order valence-corrected chi connectivity index (χ1v) is 7.27. The van der Waals surface area contributed by atoms with E-state index in [-0.39, 0.29) is 12.3 Å². The maximum atomic E-state index is 11.7. The van der Waals surface area contributed by atoms with E-state index in [1.165, 1.54) is 12.3 Å². The quantitative estimate of drug-likeness (QED) is 0.489. The minimum absolute atomic E-state index is 0.157. The van der Waals surface area contributed by atoms with Gasteiger partial charge in [0.1, 0.15) is 0 Å². The molecule has 8 heteroatoms. The zero-order valence-corrected chi connectivity index (χ0v) is 13.3. The number of carbonyl (C=O) groups is 1. The van der Waals surface area contributed by atoms with Crippen LogP contribution in [0.2, 0.25) is 0 Å². The number of nitro groups is 1. The van der Waals surface area contributed by atoms with Crippen molar-refractivity contribution in [2.45, 2.75) is 6.42 Å². The fourth-order valence-corrected chi connectivity index (χ4v) is 2.03. The predicted octanol–water partition coefficient (Wildman–Crippen LogP) is 2.12. The lowest BCUT2D eigenvalue weighted by molar-refractivity contribution is -0.398. The van der Waals surface area contributed by atoms with Gasteiger partial charge in [0.15, 0.2) is 0 Å². The number of nitro benzene ring substituents is 1. The number of hydrazone groups is 1. The van der Waals surface area contributed by atoms with Gasteiger partial charge in [0.2, 0.25) is 5.91 Å². The second kappa shape index (κ2) is 7.50. The van der Waals surface area contributed by atoms with Crippen LogP contribution in [-0.4, -0.2) is 17.0 Å². The minimum atomic E-state index is -0.758. The molecule has 23 heavy (non-hydrogen) atoms. The molecular formula is C15H11BrN3O4-. The number of hydrogen-bond donors (Lipinski definition) is 1. The van der Waals surface area contributed by atoms with Crippen LogP contribution in [0.1, 0.15) is 11.1 Å². The van der Waals surface area contributed by atoms with E-state index in [2.05, 4.69) is 26.5 Å². The lowest BCUT2D eigenvalue weighted by atomic mass is 10.1. The number of hydrogen-bond acceptors (Lipinski definition) is 5. The standard InChI is InChI=1S/C15H12BrN3O4/c16-12-4-1-10(2-5-12)8-15(21)18-17-9-11-3-6-14(20)13(7-11)19(22)23/h1-7,9,20H,8H2,(H,18,21)/p-1/b17-9-. The van der Waals surface area contributed by atoms with Crippen molar-refractivity contribution in [1.82, 2.24) is 5.43 Å². The van der Waals surface area contributed by atoms with Gasteiger partial charge in [-0.1, -0.05) is 40.2 Å². The summed E-state index contributed by atoms with van der Waals surface area (Å²) in [6.07, 6.45) is 1.40. The Morgan fingerprint density at radius 2 is 1.96 bits per heavy atom. The molecule has 0 aliphatic heterocycles. The summed E-state index contributed by atoms with van der Waals surface area (Å²) < 4.78 is 0.920. The number of rotatable bonds is 5. The van der Waals surface area contributed by atoms with Crippen LogP contribution >= 0.6 is 15.9 Å². The van der Waals surface area contributed by atoms with Crippen molar-refractivity contribution in [2.24, 2.45) is 5.10 Å². The van der Waals surface area contributed by atoms with Crippen LogP contribution in [0.15, 0.2) is 52.0 Å².